The maximum Gasteiger partial charge on any atom is 0.276 e. The summed E-state index contributed by atoms with van der Waals surface area (Å²) in [5.41, 5.74) is 7.75. The number of nitrogens with zero attached hydrogens (tertiary/aromatic N) is 2. The molecule has 1 aliphatic carbocycles. The summed E-state index contributed by atoms with van der Waals surface area (Å²) in [6.07, 6.45) is 2.95. The summed E-state index contributed by atoms with van der Waals surface area (Å²) in [4.78, 5) is 27.0. The normalized spacial score (nSPS) is 17.7. The number of likely N-dealkylation sites (tertiary alicyclic amines) is 1. The Labute approximate surface area is 137 Å². The van der Waals surface area contributed by atoms with Gasteiger partial charge >= 0.3 is 0 Å². The number of hydrogen-bond acceptors (Lipinski definition) is 5. The van der Waals surface area contributed by atoms with Gasteiger partial charge in [-0.05, 0) is 37.1 Å². The Morgan fingerprint density at radius 3 is 2.83 bits per heavy atom. The standard InChI is InChI=1S/C16H17N3O3S/c17-15(20)9-3-6-19(7-4-9)16(21)13-11-1-2-12-10(5-8-23-12)14(11)22-18-13/h5,8-9H,1-4,6-7H2,(H2,17,20). The van der Waals surface area contributed by atoms with Gasteiger partial charge in [-0.15, -0.1) is 11.3 Å². The molecule has 0 bridgehead atoms. The highest BCUT2D eigenvalue weighted by Crippen LogP contribution is 2.38. The molecule has 2 aromatic heterocycles. The van der Waals surface area contributed by atoms with E-state index in [1.54, 1.807) is 16.2 Å². The summed E-state index contributed by atoms with van der Waals surface area (Å²) in [6.45, 7) is 1.08. The predicted molar refractivity (Wildman–Crippen MR) is 85.0 cm³/mol. The van der Waals surface area contributed by atoms with Crippen LogP contribution in [0.1, 0.15) is 33.8 Å². The largest absolute Gasteiger partial charge is 0.369 e. The van der Waals surface area contributed by atoms with Crippen molar-refractivity contribution < 1.29 is 14.1 Å². The quantitative estimate of drug-likeness (QED) is 0.909. The average Bonchev–Trinajstić information content (AvgIpc) is 3.20. The molecule has 1 fully saturated rings. The molecule has 0 atom stereocenters. The van der Waals surface area contributed by atoms with Gasteiger partial charge < -0.3 is 15.2 Å². The van der Waals surface area contributed by atoms with E-state index in [2.05, 4.69) is 5.16 Å². The van der Waals surface area contributed by atoms with Crippen LogP contribution in [0.3, 0.4) is 0 Å². The molecule has 120 valence electrons. The molecule has 23 heavy (non-hydrogen) atoms. The van der Waals surface area contributed by atoms with Crippen molar-refractivity contribution in [1.82, 2.24) is 10.1 Å². The van der Waals surface area contributed by atoms with Crippen molar-refractivity contribution in [3.8, 4) is 11.3 Å². The Bertz CT molecular complexity index is 771. The van der Waals surface area contributed by atoms with Gasteiger partial charge in [0.25, 0.3) is 5.91 Å². The zero-order chi connectivity index (χ0) is 16.0. The van der Waals surface area contributed by atoms with Crippen molar-refractivity contribution in [3.63, 3.8) is 0 Å². The van der Waals surface area contributed by atoms with Crippen LogP contribution in [-0.4, -0.2) is 35.0 Å². The van der Waals surface area contributed by atoms with Crippen LogP contribution >= 0.6 is 11.3 Å². The number of fused-ring (bicyclic) bond motifs is 3. The molecule has 0 radical (unpaired) electrons. The number of amides is 2. The summed E-state index contributed by atoms with van der Waals surface area (Å²) in [7, 11) is 0. The van der Waals surface area contributed by atoms with Crippen molar-refractivity contribution in [1.29, 1.82) is 0 Å². The zero-order valence-corrected chi connectivity index (χ0v) is 13.4. The average molecular weight is 331 g/mol. The van der Waals surface area contributed by atoms with Gasteiger partial charge in [0.1, 0.15) is 0 Å². The van der Waals surface area contributed by atoms with Crippen molar-refractivity contribution in [2.45, 2.75) is 25.7 Å². The maximum absolute atomic E-state index is 12.7. The smallest absolute Gasteiger partial charge is 0.276 e. The first-order valence-corrected chi connectivity index (χ1v) is 8.67. The molecule has 3 heterocycles. The van der Waals surface area contributed by atoms with Crippen LogP contribution in [0.4, 0.5) is 0 Å². The SMILES string of the molecule is NC(=O)C1CCN(C(=O)c2noc3c2CCc2sccc2-3)CC1. The van der Waals surface area contributed by atoms with Gasteiger partial charge in [-0.2, -0.15) is 0 Å². The molecule has 1 aliphatic heterocycles. The highest BCUT2D eigenvalue weighted by atomic mass is 32.1. The first kappa shape index (κ1) is 14.4. The second-order valence-corrected chi connectivity index (χ2v) is 7.07. The Balaban J connectivity index is 1.56. The van der Waals surface area contributed by atoms with Gasteiger partial charge in [0.05, 0.1) is 0 Å². The third kappa shape index (κ3) is 2.35. The number of thiophene rings is 1. The summed E-state index contributed by atoms with van der Waals surface area (Å²) >= 11 is 1.71. The fourth-order valence-corrected chi connectivity index (χ4v) is 4.29. The molecule has 0 unspecified atom stereocenters. The van der Waals surface area contributed by atoms with E-state index in [-0.39, 0.29) is 17.7 Å². The molecule has 0 aromatic carbocycles. The number of rotatable bonds is 2. The molecule has 7 heteroatoms. The van der Waals surface area contributed by atoms with E-state index in [1.165, 1.54) is 4.88 Å². The van der Waals surface area contributed by atoms with Gasteiger partial charge in [0, 0.05) is 35.0 Å². The molecule has 2 N–H and O–H groups in total. The molecular weight excluding hydrogens is 314 g/mol. The van der Waals surface area contributed by atoms with Crippen LogP contribution < -0.4 is 5.73 Å². The van der Waals surface area contributed by atoms with E-state index >= 15 is 0 Å². The van der Waals surface area contributed by atoms with E-state index in [9.17, 15) is 9.59 Å². The van der Waals surface area contributed by atoms with Crippen LogP contribution in [0.15, 0.2) is 16.0 Å². The minimum atomic E-state index is -0.277. The number of carbonyl (C=O) groups excluding carboxylic acids is 2. The van der Waals surface area contributed by atoms with Crippen molar-refractivity contribution in [2.24, 2.45) is 11.7 Å². The van der Waals surface area contributed by atoms with E-state index in [0.717, 1.165) is 29.7 Å². The lowest BCUT2D eigenvalue weighted by Gasteiger charge is -2.30. The van der Waals surface area contributed by atoms with Crippen LogP contribution in [0.25, 0.3) is 11.3 Å². The Morgan fingerprint density at radius 2 is 2.09 bits per heavy atom. The van der Waals surface area contributed by atoms with E-state index in [4.69, 9.17) is 10.3 Å². The molecule has 6 nitrogen and oxygen atoms in total. The first-order chi connectivity index (χ1) is 11.1. The summed E-state index contributed by atoms with van der Waals surface area (Å²) < 4.78 is 5.48. The van der Waals surface area contributed by atoms with E-state index in [1.807, 2.05) is 11.4 Å². The topological polar surface area (TPSA) is 89.4 Å². The highest BCUT2D eigenvalue weighted by Gasteiger charge is 2.32. The first-order valence-electron chi connectivity index (χ1n) is 7.79. The molecule has 2 aliphatic rings. The number of aromatic nitrogens is 1. The number of nitrogens with two attached hydrogens (primary N) is 1. The second-order valence-electron chi connectivity index (χ2n) is 6.07. The number of piperidine rings is 1. The monoisotopic (exact) mass is 331 g/mol. The lowest BCUT2D eigenvalue weighted by molar-refractivity contribution is -0.123. The lowest BCUT2D eigenvalue weighted by Crippen LogP contribution is -2.42. The Kier molecular flexibility index (Phi) is 3.45. The zero-order valence-electron chi connectivity index (χ0n) is 12.6. The van der Waals surface area contributed by atoms with Crippen LogP contribution in [0.2, 0.25) is 0 Å². The summed E-state index contributed by atoms with van der Waals surface area (Å²) in [5.74, 6) is 0.235. The molecular formula is C16H17N3O3S. The van der Waals surface area contributed by atoms with Gasteiger partial charge in [0.2, 0.25) is 5.91 Å². The third-order valence-electron chi connectivity index (χ3n) is 4.77. The molecule has 4 rings (SSSR count). The Morgan fingerprint density at radius 1 is 1.30 bits per heavy atom. The van der Waals surface area contributed by atoms with E-state index in [0.29, 0.717) is 31.6 Å². The summed E-state index contributed by atoms with van der Waals surface area (Å²) in [5, 5.41) is 6.09. The predicted octanol–water partition coefficient (Wildman–Crippen LogP) is 1.84. The Hall–Kier alpha value is -2.15. The van der Waals surface area contributed by atoms with Crippen LogP contribution in [-0.2, 0) is 17.6 Å². The number of hydrogen-bond donors (Lipinski definition) is 1. The maximum atomic E-state index is 12.7. The molecule has 2 aromatic rings. The lowest BCUT2D eigenvalue weighted by atomic mass is 9.94. The van der Waals surface area contributed by atoms with Gasteiger partial charge in [0.15, 0.2) is 11.5 Å². The second kappa shape index (κ2) is 5.49. The van der Waals surface area contributed by atoms with Gasteiger partial charge in [-0.25, -0.2) is 0 Å². The summed E-state index contributed by atoms with van der Waals surface area (Å²) in [6, 6.07) is 2.02. The number of primary amides is 1. The van der Waals surface area contributed by atoms with Crippen LogP contribution in [0.5, 0.6) is 0 Å². The van der Waals surface area contributed by atoms with Crippen molar-refractivity contribution >= 4 is 23.2 Å². The molecule has 0 saturated carbocycles. The van der Waals surface area contributed by atoms with Gasteiger partial charge in [-0.3, -0.25) is 9.59 Å². The number of carbonyl (C=O) groups is 2. The van der Waals surface area contributed by atoms with Crippen molar-refractivity contribution in [2.75, 3.05) is 13.1 Å². The number of aryl methyl sites for hydroxylation is 1. The minimum absolute atomic E-state index is 0.100. The van der Waals surface area contributed by atoms with Gasteiger partial charge in [-0.1, -0.05) is 5.16 Å². The molecule has 0 spiro atoms. The van der Waals surface area contributed by atoms with Crippen molar-refractivity contribution in [3.05, 3.63) is 27.6 Å². The fourth-order valence-electron chi connectivity index (χ4n) is 3.41. The third-order valence-corrected chi connectivity index (χ3v) is 5.75. The fraction of sp³-hybridized carbons (Fsp3) is 0.438. The highest BCUT2D eigenvalue weighted by molar-refractivity contribution is 7.10. The molecule has 2 amide bonds. The minimum Gasteiger partial charge on any atom is -0.369 e. The van der Waals surface area contributed by atoms with Crippen LogP contribution in [0, 0.1) is 5.92 Å². The van der Waals surface area contributed by atoms with E-state index < -0.39 is 0 Å². The molecule has 1 saturated heterocycles.